The molecule has 2 rings (SSSR count). The first-order valence-electron chi connectivity index (χ1n) is 6.91. The second-order valence-corrected chi connectivity index (χ2v) is 5.47. The number of hydrogen-bond donors (Lipinski definition) is 1. The van der Waals surface area contributed by atoms with Gasteiger partial charge in [-0.2, -0.15) is 0 Å². The van der Waals surface area contributed by atoms with Gasteiger partial charge in [0.05, 0.1) is 0 Å². The summed E-state index contributed by atoms with van der Waals surface area (Å²) in [6.45, 7) is 6.72. The average Bonchev–Trinajstić information content (AvgIpc) is 2.43. The monoisotopic (exact) mass is 280 g/mol. The number of piperidine rings is 1. The van der Waals surface area contributed by atoms with E-state index < -0.39 is 0 Å². The van der Waals surface area contributed by atoms with E-state index in [1.165, 1.54) is 0 Å². The third kappa shape index (κ3) is 3.28. The van der Waals surface area contributed by atoms with Crippen LogP contribution in [0.3, 0.4) is 0 Å². The largest absolute Gasteiger partial charge is 0.336 e. The zero-order valence-corrected chi connectivity index (χ0v) is 12.3. The van der Waals surface area contributed by atoms with Crippen molar-refractivity contribution in [1.82, 2.24) is 10.2 Å². The van der Waals surface area contributed by atoms with Crippen molar-refractivity contribution in [1.29, 1.82) is 0 Å². The van der Waals surface area contributed by atoms with Crippen LogP contribution in [-0.2, 0) is 0 Å². The van der Waals surface area contributed by atoms with Gasteiger partial charge in [-0.1, -0.05) is 17.7 Å². The lowest BCUT2D eigenvalue weighted by Crippen LogP contribution is -2.46. The van der Waals surface area contributed by atoms with Crippen LogP contribution in [0.1, 0.15) is 35.7 Å². The van der Waals surface area contributed by atoms with Gasteiger partial charge in [0.1, 0.15) is 0 Å². The maximum Gasteiger partial charge on any atom is 0.254 e. The molecule has 0 bridgehead atoms. The Labute approximate surface area is 119 Å². The quantitative estimate of drug-likeness (QED) is 0.923. The van der Waals surface area contributed by atoms with Crippen molar-refractivity contribution >= 4 is 17.5 Å². The highest BCUT2D eigenvalue weighted by atomic mass is 35.5. The van der Waals surface area contributed by atoms with Gasteiger partial charge in [0.15, 0.2) is 0 Å². The van der Waals surface area contributed by atoms with Crippen molar-refractivity contribution in [2.24, 2.45) is 0 Å². The van der Waals surface area contributed by atoms with Crippen LogP contribution in [0.25, 0.3) is 0 Å². The summed E-state index contributed by atoms with van der Waals surface area (Å²) in [6.07, 6.45) is 2.05. The molecule has 1 N–H and O–H groups in total. The molecule has 1 saturated heterocycles. The van der Waals surface area contributed by atoms with Gasteiger partial charge in [0, 0.05) is 23.2 Å². The molecule has 104 valence electrons. The Morgan fingerprint density at radius 2 is 2.11 bits per heavy atom. The SMILES string of the molecule is CCN(C(=O)c1cc(Cl)ccc1C)C1CCNCC1. The second kappa shape index (κ2) is 6.40. The van der Waals surface area contributed by atoms with Gasteiger partial charge in [0.2, 0.25) is 0 Å². The van der Waals surface area contributed by atoms with Gasteiger partial charge in [0.25, 0.3) is 5.91 Å². The number of carbonyl (C=O) groups is 1. The van der Waals surface area contributed by atoms with Crippen molar-refractivity contribution in [3.63, 3.8) is 0 Å². The highest BCUT2D eigenvalue weighted by Gasteiger charge is 2.25. The summed E-state index contributed by atoms with van der Waals surface area (Å²) in [5, 5.41) is 3.95. The minimum atomic E-state index is 0.106. The Bertz CT molecular complexity index is 455. The number of aryl methyl sites for hydroxylation is 1. The lowest BCUT2D eigenvalue weighted by Gasteiger charge is -2.34. The molecule has 0 aromatic heterocycles. The number of nitrogens with zero attached hydrogens (tertiary/aromatic N) is 1. The number of rotatable bonds is 3. The third-order valence-corrected chi connectivity index (χ3v) is 4.02. The van der Waals surface area contributed by atoms with Crippen LogP contribution in [-0.4, -0.2) is 36.5 Å². The highest BCUT2D eigenvalue weighted by Crippen LogP contribution is 2.20. The Morgan fingerprint density at radius 3 is 2.74 bits per heavy atom. The third-order valence-electron chi connectivity index (χ3n) is 3.78. The van der Waals surface area contributed by atoms with Crippen molar-refractivity contribution in [2.45, 2.75) is 32.7 Å². The molecule has 1 heterocycles. The molecule has 4 heteroatoms. The van der Waals surface area contributed by atoms with E-state index in [9.17, 15) is 4.79 Å². The fraction of sp³-hybridized carbons (Fsp3) is 0.533. The summed E-state index contributed by atoms with van der Waals surface area (Å²) in [5.41, 5.74) is 1.72. The summed E-state index contributed by atoms with van der Waals surface area (Å²) in [4.78, 5) is 14.7. The minimum absolute atomic E-state index is 0.106. The standard InChI is InChI=1S/C15H21ClN2O/c1-3-18(13-6-8-17-9-7-13)15(19)14-10-12(16)5-4-11(14)2/h4-5,10,13,17H,3,6-9H2,1-2H3. The zero-order valence-electron chi connectivity index (χ0n) is 11.6. The normalized spacial score (nSPS) is 16.4. The number of carbonyl (C=O) groups excluding carboxylic acids is 1. The number of benzene rings is 1. The molecule has 0 atom stereocenters. The summed E-state index contributed by atoms with van der Waals surface area (Å²) >= 11 is 6.01. The van der Waals surface area contributed by atoms with Crippen molar-refractivity contribution in [3.05, 3.63) is 34.3 Å². The Balaban J connectivity index is 2.22. The molecule has 1 aromatic rings. The minimum Gasteiger partial charge on any atom is -0.336 e. The van der Waals surface area contributed by atoms with Crippen LogP contribution < -0.4 is 5.32 Å². The zero-order chi connectivity index (χ0) is 13.8. The van der Waals surface area contributed by atoms with Gasteiger partial charge in [-0.25, -0.2) is 0 Å². The molecule has 1 amide bonds. The number of halogens is 1. The van der Waals surface area contributed by atoms with Crippen LogP contribution in [0, 0.1) is 6.92 Å². The lowest BCUT2D eigenvalue weighted by atomic mass is 10.0. The molecule has 0 aliphatic carbocycles. The van der Waals surface area contributed by atoms with Crippen LogP contribution in [0.2, 0.25) is 5.02 Å². The van der Waals surface area contributed by atoms with Gasteiger partial charge in [-0.3, -0.25) is 4.79 Å². The van der Waals surface area contributed by atoms with Crippen molar-refractivity contribution in [2.75, 3.05) is 19.6 Å². The molecule has 1 aliphatic heterocycles. The second-order valence-electron chi connectivity index (χ2n) is 5.03. The van der Waals surface area contributed by atoms with E-state index in [2.05, 4.69) is 5.32 Å². The number of amides is 1. The van der Waals surface area contributed by atoms with Crippen LogP contribution in [0.15, 0.2) is 18.2 Å². The van der Waals surface area contributed by atoms with E-state index in [-0.39, 0.29) is 5.91 Å². The van der Waals surface area contributed by atoms with Crippen molar-refractivity contribution in [3.8, 4) is 0 Å². The first kappa shape index (κ1) is 14.4. The van der Waals surface area contributed by atoms with Gasteiger partial charge < -0.3 is 10.2 Å². The molecule has 19 heavy (non-hydrogen) atoms. The Hall–Kier alpha value is -1.06. The molecule has 3 nitrogen and oxygen atoms in total. The molecular formula is C15H21ClN2O. The molecule has 1 aliphatic rings. The first-order valence-corrected chi connectivity index (χ1v) is 7.29. The topological polar surface area (TPSA) is 32.3 Å². The summed E-state index contributed by atoms with van der Waals surface area (Å²) in [7, 11) is 0. The van der Waals surface area contributed by atoms with E-state index in [1.54, 1.807) is 6.07 Å². The number of hydrogen-bond acceptors (Lipinski definition) is 2. The van der Waals surface area contributed by atoms with Gasteiger partial charge >= 0.3 is 0 Å². The van der Waals surface area contributed by atoms with E-state index in [1.807, 2.05) is 30.9 Å². The molecule has 1 fully saturated rings. The van der Waals surface area contributed by atoms with E-state index >= 15 is 0 Å². The molecule has 0 spiro atoms. The Morgan fingerprint density at radius 1 is 1.42 bits per heavy atom. The van der Waals surface area contributed by atoms with Crippen LogP contribution >= 0.6 is 11.6 Å². The Kier molecular flexibility index (Phi) is 4.83. The predicted molar refractivity (Wildman–Crippen MR) is 78.8 cm³/mol. The highest BCUT2D eigenvalue weighted by molar-refractivity contribution is 6.31. The summed E-state index contributed by atoms with van der Waals surface area (Å²) in [5.74, 6) is 0.106. The fourth-order valence-electron chi connectivity index (χ4n) is 2.67. The summed E-state index contributed by atoms with van der Waals surface area (Å²) < 4.78 is 0. The molecule has 0 unspecified atom stereocenters. The van der Waals surface area contributed by atoms with Gasteiger partial charge in [-0.15, -0.1) is 0 Å². The molecule has 0 saturated carbocycles. The predicted octanol–water partition coefficient (Wildman–Crippen LogP) is 2.86. The molecule has 1 aromatic carbocycles. The van der Waals surface area contributed by atoms with Crippen LogP contribution in [0.5, 0.6) is 0 Å². The van der Waals surface area contributed by atoms with Crippen molar-refractivity contribution < 1.29 is 4.79 Å². The maximum atomic E-state index is 12.7. The van der Waals surface area contributed by atoms with E-state index in [0.29, 0.717) is 11.1 Å². The van der Waals surface area contributed by atoms with Crippen LogP contribution in [0.4, 0.5) is 0 Å². The lowest BCUT2D eigenvalue weighted by molar-refractivity contribution is 0.0655. The van der Waals surface area contributed by atoms with Gasteiger partial charge in [-0.05, 0) is 57.5 Å². The summed E-state index contributed by atoms with van der Waals surface area (Å²) in [6, 6.07) is 5.86. The maximum absolute atomic E-state index is 12.7. The smallest absolute Gasteiger partial charge is 0.254 e. The fourth-order valence-corrected chi connectivity index (χ4v) is 2.84. The van der Waals surface area contributed by atoms with E-state index in [4.69, 9.17) is 11.6 Å². The molecule has 0 radical (unpaired) electrons. The first-order chi connectivity index (χ1) is 9.13. The molecular weight excluding hydrogens is 260 g/mol. The van der Waals surface area contributed by atoms with E-state index in [0.717, 1.165) is 43.6 Å². The number of nitrogens with one attached hydrogen (secondary N) is 1. The average molecular weight is 281 g/mol.